The summed E-state index contributed by atoms with van der Waals surface area (Å²) in [5, 5.41) is 5.41. The maximum absolute atomic E-state index is 6.17. The van der Waals surface area contributed by atoms with Gasteiger partial charge in [0.1, 0.15) is 0 Å². The standard InChI is InChI=1S/C12H14Cl2N4/c1-18-7-8(6-16-18)4-12(17-15)10-5-9(13)2-3-11(10)14/h2-3,5-7,12,17H,4,15H2,1H3. The summed E-state index contributed by atoms with van der Waals surface area (Å²) in [6.07, 6.45) is 4.45. The number of aryl methyl sites for hydroxylation is 1. The van der Waals surface area contributed by atoms with E-state index in [1.165, 1.54) is 0 Å². The Balaban J connectivity index is 2.25. The Bertz CT molecular complexity index is 539. The second-order valence-electron chi connectivity index (χ2n) is 4.11. The molecule has 1 aromatic carbocycles. The highest BCUT2D eigenvalue weighted by Gasteiger charge is 2.15. The van der Waals surface area contributed by atoms with Gasteiger partial charge >= 0.3 is 0 Å². The molecule has 2 rings (SSSR count). The number of halogens is 2. The average molecular weight is 285 g/mol. The number of hydrogen-bond donors (Lipinski definition) is 2. The monoisotopic (exact) mass is 284 g/mol. The van der Waals surface area contributed by atoms with Crippen LogP contribution in [0.15, 0.2) is 30.6 Å². The van der Waals surface area contributed by atoms with E-state index in [1.54, 1.807) is 16.8 Å². The summed E-state index contributed by atoms with van der Waals surface area (Å²) in [5.74, 6) is 5.60. The van der Waals surface area contributed by atoms with Gasteiger partial charge in [-0.2, -0.15) is 5.10 Å². The fourth-order valence-corrected chi connectivity index (χ4v) is 2.28. The first-order valence-electron chi connectivity index (χ1n) is 5.48. The molecule has 0 spiro atoms. The van der Waals surface area contributed by atoms with Crippen LogP contribution in [-0.2, 0) is 13.5 Å². The highest BCUT2D eigenvalue weighted by atomic mass is 35.5. The van der Waals surface area contributed by atoms with E-state index in [-0.39, 0.29) is 6.04 Å². The van der Waals surface area contributed by atoms with Crippen LogP contribution >= 0.6 is 23.2 Å². The Morgan fingerprint density at radius 2 is 2.22 bits per heavy atom. The number of aromatic nitrogens is 2. The minimum atomic E-state index is -0.0969. The van der Waals surface area contributed by atoms with Crippen molar-refractivity contribution in [2.45, 2.75) is 12.5 Å². The lowest BCUT2D eigenvalue weighted by Crippen LogP contribution is -2.29. The first-order valence-corrected chi connectivity index (χ1v) is 6.24. The predicted octanol–water partition coefficient (Wildman–Crippen LogP) is 2.47. The zero-order chi connectivity index (χ0) is 13.1. The van der Waals surface area contributed by atoms with Crippen molar-refractivity contribution in [1.29, 1.82) is 0 Å². The summed E-state index contributed by atoms with van der Waals surface area (Å²) in [6, 6.07) is 5.25. The van der Waals surface area contributed by atoms with Crippen LogP contribution in [0.4, 0.5) is 0 Å². The Morgan fingerprint density at radius 1 is 1.44 bits per heavy atom. The number of nitrogens with two attached hydrogens (primary N) is 1. The summed E-state index contributed by atoms with van der Waals surface area (Å²) < 4.78 is 1.75. The van der Waals surface area contributed by atoms with E-state index in [2.05, 4.69) is 10.5 Å². The maximum atomic E-state index is 6.17. The van der Waals surface area contributed by atoms with Gasteiger partial charge in [-0.05, 0) is 35.7 Å². The topological polar surface area (TPSA) is 55.9 Å². The molecule has 1 aromatic heterocycles. The molecule has 0 aliphatic rings. The first-order chi connectivity index (χ1) is 8.60. The number of hydrogen-bond acceptors (Lipinski definition) is 3. The van der Waals surface area contributed by atoms with E-state index in [0.717, 1.165) is 11.1 Å². The zero-order valence-electron chi connectivity index (χ0n) is 9.90. The van der Waals surface area contributed by atoms with Crippen molar-refractivity contribution in [3.63, 3.8) is 0 Å². The summed E-state index contributed by atoms with van der Waals surface area (Å²) >= 11 is 12.1. The largest absolute Gasteiger partial charge is 0.276 e. The Hall–Kier alpha value is -1.07. The van der Waals surface area contributed by atoms with Crippen LogP contribution in [-0.4, -0.2) is 9.78 Å². The molecule has 1 heterocycles. The van der Waals surface area contributed by atoms with E-state index in [1.807, 2.05) is 25.5 Å². The number of nitrogens with one attached hydrogen (secondary N) is 1. The van der Waals surface area contributed by atoms with E-state index < -0.39 is 0 Å². The molecule has 0 radical (unpaired) electrons. The predicted molar refractivity (Wildman–Crippen MR) is 73.4 cm³/mol. The molecule has 1 atom stereocenters. The fraction of sp³-hybridized carbons (Fsp3) is 0.250. The van der Waals surface area contributed by atoms with Crippen LogP contribution in [0.1, 0.15) is 17.2 Å². The second kappa shape index (κ2) is 5.71. The number of hydrazine groups is 1. The average Bonchev–Trinajstić information content (AvgIpc) is 2.75. The van der Waals surface area contributed by atoms with Crippen LogP contribution in [0, 0.1) is 0 Å². The van der Waals surface area contributed by atoms with Crippen LogP contribution < -0.4 is 11.3 Å². The van der Waals surface area contributed by atoms with Crippen molar-refractivity contribution in [2.75, 3.05) is 0 Å². The van der Waals surface area contributed by atoms with Crippen molar-refractivity contribution >= 4 is 23.2 Å². The summed E-state index contributed by atoms with van der Waals surface area (Å²) in [4.78, 5) is 0. The van der Waals surface area contributed by atoms with Crippen LogP contribution in [0.25, 0.3) is 0 Å². The minimum Gasteiger partial charge on any atom is -0.276 e. The molecule has 0 aliphatic heterocycles. The second-order valence-corrected chi connectivity index (χ2v) is 4.96. The molecule has 0 amide bonds. The lowest BCUT2D eigenvalue weighted by atomic mass is 10.0. The summed E-state index contributed by atoms with van der Waals surface area (Å²) in [6.45, 7) is 0. The van der Waals surface area contributed by atoms with Gasteiger partial charge in [0.2, 0.25) is 0 Å². The molecular formula is C12H14Cl2N4. The van der Waals surface area contributed by atoms with Crippen molar-refractivity contribution in [2.24, 2.45) is 12.9 Å². The van der Waals surface area contributed by atoms with Gasteiger partial charge in [0.25, 0.3) is 0 Å². The lowest BCUT2D eigenvalue weighted by molar-refractivity contribution is 0.552. The molecule has 4 nitrogen and oxygen atoms in total. The van der Waals surface area contributed by atoms with Crippen molar-refractivity contribution < 1.29 is 0 Å². The number of nitrogens with zero attached hydrogens (tertiary/aromatic N) is 2. The van der Waals surface area contributed by atoms with Gasteiger partial charge in [-0.25, -0.2) is 0 Å². The molecular weight excluding hydrogens is 271 g/mol. The highest BCUT2D eigenvalue weighted by molar-refractivity contribution is 6.33. The van der Waals surface area contributed by atoms with Crippen LogP contribution in [0.5, 0.6) is 0 Å². The molecule has 0 aliphatic carbocycles. The molecule has 96 valence electrons. The summed E-state index contributed by atoms with van der Waals surface area (Å²) in [5.41, 5.74) is 4.73. The van der Waals surface area contributed by atoms with Gasteiger partial charge in [-0.1, -0.05) is 23.2 Å². The van der Waals surface area contributed by atoms with E-state index in [4.69, 9.17) is 29.0 Å². The van der Waals surface area contributed by atoms with E-state index in [9.17, 15) is 0 Å². The van der Waals surface area contributed by atoms with Gasteiger partial charge in [0, 0.05) is 23.3 Å². The van der Waals surface area contributed by atoms with Gasteiger partial charge in [-0.3, -0.25) is 16.0 Å². The third-order valence-corrected chi connectivity index (χ3v) is 3.31. The zero-order valence-corrected chi connectivity index (χ0v) is 11.4. The molecule has 0 saturated carbocycles. The van der Waals surface area contributed by atoms with E-state index in [0.29, 0.717) is 16.5 Å². The Labute approximate surface area is 116 Å². The molecule has 0 fully saturated rings. The molecule has 0 saturated heterocycles. The van der Waals surface area contributed by atoms with Crippen molar-refractivity contribution in [1.82, 2.24) is 15.2 Å². The van der Waals surface area contributed by atoms with Gasteiger partial charge in [0.15, 0.2) is 0 Å². The normalized spacial score (nSPS) is 12.7. The third kappa shape index (κ3) is 3.03. The molecule has 6 heteroatoms. The van der Waals surface area contributed by atoms with Crippen molar-refractivity contribution in [3.05, 3.63) is 51.8 Å². The van der Waals surface area contributed by atoms with E-state index >= 15 is 0 Å². The molecule has 18 heavy (non-hydrogen) atoms. The maximum Gasteiger partial charge on any atom is 0.0522 e. The van der Waals surface area contributed by atoms with Gasteiger partial charge in [0.05, 0.1) is 12.2 Å². The van der Waals surface area contributed by atoms with Gasteiger partial charge < -0.3 is 0 Å². The Kier molecular flexibility index (Phi) is 4.24. The molecule has 0 bridgehead atoms. The fourth-order valence-electron chi connectivity index (χ4n) is 1.85. The van der Waals surface area contributed by atoms with Crippen molar-refractivity contribution in [3.8, 4) is 0 Å². The summed E-state index contributed by atoms with van der Waals surface area (Å²) in [7, 11) is 1.88. The Morgan fingerprint density at radius 3 is 2.83 bits per heavy atom. The third-order valence-electron chi connectivity index (χ3n) is 2.73. The molecule has 1 unspecified atom stereocenters. The SMILES string of the molecule is Cn1cc(CC(NN)c2cc(Cl)ccc2Cl)cn1. The smallest absolute Gasteiger partial charge is 0.0522 e. The van der Waals surface area contributed by atoms with Crippen LogP contribution in [0.3, 0.4) is 0 Å². The number of benzene rings is 1. The molecule has 3 N–H and O–H groups in total. The molecule has 2 aromatic rings. The lowest BCUT2D eigenvalue weighted by Gasteiger charge is -2.17. The minimum absolute atomic E-state index is 0.0969. The van der Waals surface area contributed by atoms with Gasteiger partial charge in [-0.15, -0.1) is 0 Å². The number of rotatable bonds is 4. The highest BCUT2D eigenvalue weighted by Crippen LogP contribution is 2.28. The quantitative estimate of drug-likeness (QED) is 0.670. The first kappa shape index (κ1) is 13.4. The van der Waals surface area contributed by atoms with Crippen LogP contribution in [0.2, 0.25) is 10.0 Å².